The molecule has 0 N–H and O–H groups in total. The molecule has 1 aliphatic rings. The van der Waals surface area contributed by atoms with E-state index in [4.69, 9.17) is 9.72 Å². The Kier molecular flexibility index (Phi) is 3.45. The molecule has 0 fully saturated rings. The van der Waals surface area contributed by atoms with Crippen LogP contribution >= 0.6 is 11.3 Å². The zero-order valence-corrected chi connectivity index (χ0v) is 14.8. The molecule has 5 rings (SSSR count). The number of ether oxygens (including phenoxy) is 1. The Morgan fingerprint density at radius 2 is 2.00 bits per heavy atom. The minimum Gasteiger partial charge on any atom is -0.494 e. The first kappa shape index (κ1) is 14.8. The molecule has 25 heavy (non-hydrogen) atoms. The third-order valence-corrected chi connectivity index (χ3v) is 5.92. The fourth-order valence-electron chi connectivity index (χ4n) is 3.54. The molecule has 0 bridgehead atoms. The van der Waals surface area contributed by atoms with Crippen molar-refractivity contribution in [1.82, 2.24) is 19.6 Å². The summed E-state index contributed by atoms with van der Waals surface area (Å²) in [4.78, 5) is 12.0. The van der Waals surface area contributed by atoms with Crippen molar-refractivity contribution in [3.05, 3.63) is 41.0 Å². The summed E-state index contributed by atoms with van der Waals surface area (Å²) < 4.78 is 7.33. The van der Waals surface area contributed by atoms with Crippen LogP contribution in [0.5, 0.6) is 5.75 Å². The number of hydrogen-bond acceptors (Lipinski definition) is 5. The zero-order chi connectivity index (χ0) is 16.8. The lowest BCUT2D eigenvalue weighted by molar-refractivity contribution is 0.340. The fraction of sp³-hybridized carbons (Fsp3) is 0.316. The number of thiophene rings is 1. The van der Waals surface area contributed by atoms with Gasteiger partial charge in [-0.05, 0) is 62.4 Å². The normalized spacial score (nSPS) is 14.1. The summed E-state index contributed by atoms with van der Waals surface area (Å²) in [6, 6.07) is 7.94. The topological polar surface area (TPSA) is 52.3 Å². The van der Waals surface area contributed by atoms with E-state index >= 15 is 0 Å². The van der Waals surface area contributed by atoms with Gasteiger partial charge >= 0.3 is 0 Å². The van der Waals surface area contributed by atoms with Gasteiger partial charge in [-0.1, -0.05) is 0 Å². The molecule has 3 heterocycles. The van der Waals surface area contributed by atoms with Gasteiger partial charge in [0.25, 0.3) is 0 Å². The molecule has 1 aliphatic carbocycles. The van der Waals surface area contributed by atoms with Crippen LogP contribution in [0.2, 0.25) is 0 Å². The summed E-state index contributed by atoms with van der Waals surface area (Å²) in [5.74, 6) is 1.60. The van der Waals surface area contributed by atoms with Crippen LogP contribution in [0.15, 0.2) is 30.6 Å². The van der Waals surface area contributed by atoms with E-state index in [1.807, 2.05) is 47.0 Å². The number of nitrogens with zero attached hydrogens (tertiary/aromatic N) is 4. The Labute approximate surface area is 149 Å². The molecule has 0 saturated carbocycles. The van der Waals surface area contributed by atoms with E-state index in [0.717, 1.165) is 34.0 Å². The number of hydrogen-bond donors (Lipinski definition) is 0. The van der Waals surface area contributed by atoms with Crippen molar-refractivity contribution in [2.75, 3.05) is 6.61 Å². The highest BCUT2D eigenvalue weighted by Crippen LogP contribution is 2.37. The summed E-state index contributed by atoms with van der Waals surface area (Å²) >= 11 is 1.82. The molecular formula is C19H18N4OS. The van der Waals surface area contributed by atoms with Crippen molar-refractivity contribution in [2.24, 2.45) is 0 Å². The number of aryl methyl sites for hydroxylation is 2. The maximum atomic E-state index is 5.51. The quantitative estimate of drug-likeness (QED) is 0.553. The van der Waals surface area contributed by atoms with Crippen molar-refractivity contribution < 1.29 is 4.74 Å². The second-order valence-electron chi connectivity index (χ2n) is 6.30. The smallest absolute Gasteiger partial charge is 0.182 e. The lowest BCUT2D eigenvalue weighted by Gasteiger charge is -2.09. The van der Waals surface area contributed by atoms with Gasteiger partial charge in [-0.2, -0.15) is 0 Å². The van der Waals surface area contributed by atoms with E-state index in [2.05, 4.69) is 10.1 Å². The molecule has 4 aromatic rings. The van der Waals surface area contributed by atoms with Gasteiger partial charge in [0, 0.05) is 10.4 Å². The molecule has 6 heteroatoms. The summed E-state index contributed by atoms with van der Waals surface area (Å²) in [5.41, 5.74) is 3.35. The first-order valence-electron chi connectivity index (χ1n) is 8.72. The van der Waals surface area contributed by atoms with Gasteiger partial charge in [-0.3, -0.25) is 0 Å². The predicted octanol–water partition coefficient (Wildman–Crippen LogP) is 4.28. The standard InChI is InChI=1S/C19H18N4OS/c1-2-24-13-9-7-12(8-10-13)17-21-18-16-14-5-3-4-6-15(14)25-19(16)20-11-23(18)22-17/h7-11H,2-6H2,1H3. The molecule has 0 spiro atoms. The summed E-state index contributed by atoms with van der Waals surface area (Å²) in [6.45, 7) is 2.65. The van der Waals surface area contributed by atoms with Crippen LogP contribution in [0.25, 0.3) is 27.3 Å². The molecule has 1 aromatic carbocycles. The van der Waals surface area contributed by atoms with Crippen molar-refractivity contribution in [3.8, 4) is 17.1 Å². The van der Waals surface area contributed by atoms with E-state index in [0.29, 0.717) is 6.61 Å². The molecule has 5 nitrogen and oxygen atoms in total. The van der Waals surface area contributed by atoms with E-state index in [-0.39, 0.29) is 0 Å². The average Bonchev–Trinajstić information content (AvgIpc) is 3.23. The van der Waals surface area contributed by atoms with Gasteiger partial charge in [0.1, 0.15) is 16.9 Å². The fourth-order valence-corrected chi connectivity index (χ4v) is 4.77. The highest BCUT2D eigenvalue weighted by atomic mass is 32.1. The Bertz CT molecular complexity index is 1060. The molecular weight excluding hydrogens is 332 g/mol. The molecule has 0 saturated heterocycles. The van der Waals surface area contributed by atoms with Gasteiger partial charge in [-0.15, -0.1) is 16.4 Å². The third kappa shape index (κ3) is 2.40. The highest BCUT2D eigenvalue weighted by Gasteiger charge is 2.20. The second kappa shape index (κ2) is 5.81. The SMILES string of the molecule is CCOc1ccc(-c2nc3c4c5c(sc4ncn3n2)CCCC5)cc1. The Morgan fingerprint density at radius 1 is 1.16 bits per heavy atom. The van der Waals surface area contributed by atoms with E-state index in [1.54, 1.807) is 6.33 Å². The van der Waals surface area contributed by atoms with Gasteiger partial charge in [-0.25, -0.2) is 14.5 Å². The number of rotatable bonds is 3. The first-order chi connectivity index (χ1) is 12.3. The molecule has 126 valence electrons. The first-order valence-corrected chi connectivity index (χ1v) is 9.54. The molecule has 0 amide bonds. The van der Waals surface area contributed by atoms with Crippen molar-refractivity contribution in [3.63, 3.8) is 0 Å². The Morgan fingerprint density at radius 3 is 2.84 bits per heavy atom. The minimum absolute atomic E-state index is 0.666. The molecule has 0 radical (unpaired) electrons. The van der Waals surface area contributed by atoms with Crippen LogP contribution in [0, 0.1) is 0 Å². The van der Waals surface area contributed by atoms with Crippen molar-refractivity contribution >= 4 is 27.2 Å². The predicted molar refractivity (Wildman–Crippen MR) is 99.4 cm³/mol. The van der Waals surface area contributed by atoms with Crippen molar-refractivity contribution in [1.29, 1.82) is 0 Å². The van der Waals surface area contributed by atoms with Crippen LogP contribution in [-0.4, -0.2) is 26.2 Å². The van der Waals surface area contributed by atoms with Crippen LogP contribution in [0.1, 0.15) is 30.2 Å². The second-order valence-corrected chi connectivity index (χ2v) is 7.38. The lowest BCUT2D eigenvalue weighted by Crippen LogP contribution is -1.99. The third-order valence-electron chi connectivity index (χ3n) is 4.72. The van der Waals surface area contributed by atoms with Crippen LogP contribution < -0.4 is 4.74 Å². The molecule has 3 aromatic heterocycles. The summed E-state index contributed by atoms with van der Waals surface area (Å²) in [6.07, 6.45) is 6.61. The maximum Gasteiger partial charge on any atom is 0.182 e. The van der Waals surface area contributed by atoms with Crippen molar-refractivity contribution in [2.45, 2.75) is 32.6 Å². The van der Waals surface area contributed by atoms with Gasteiger partial charge in [0.2, 0.25) is 0 Å². The summed E-state index contributed by atoms with van der Waals surface area (Å²) in [5, 5.41) is 5.84. The van der Waals surface area contributed by atoms with E-state index in [1.165, 1.54) is 35.1 Å². The minimum atomic E-state index is 0.666. The maximum absolute atomic E-state index is 5.51. The molecule has 0 unspecified atom stereocenters. The summed E-state index contributed by atoms with van der Waals surface area (Å²) in [7, 11) is 0. The van der Waals surface area contributed by atoms with Gasteiger partial charge < -0.3 is 4.74 Å². The molecule has 0 atom stereocenters. The highest BCUT2D eigenvalue weighted by molar-refractivity contribution is 7.19. The van der Waals surface area contributed by atoms with Gasteiger partial charge in [0.15, 0.2) is 11.5 Å². The molecule has 0 aliphatic heterocycles. The van der Waals surface area contributed by atoms with E-state index in [9.17, 15) is 0 Å². The number of aromatic nitrogens is 4. The number of benzene rings is 1. The zero-order valence-electron chi connectivity index (χ0n) is 14.0. The Balaban J connectivity index is 1.65. The number of fused-ring (bicyclic) bond motifs is 5. The van der Waals surface area contributed by atoms with Gasteiger partial charge in [0.05, 0.1) is 12.0 Å². The van der Waals surface area contributed by atoms with Crippen LogP contribution in [0.3, 0.4) is 0 Å². The lowest BCUT2D eigenvalue weighted by atomic mass is 9.97. The monoisotopic (exact) mass is 350 g/mol. The Hall–Kier alpha value is -2.47. The van der Waals surface area contributed by atoms with Crippen LogP contribution in [-0.2, 0) is 12.8 Å². The van der Waals surface area contributed by atoms with Crippen LogP contribution in [0.4, 0.5) is 0 Å². The van der Waals surface area contributed by atoms with E-state index < -0.39 is 0 Å². The average molecular weight is 350 g/mol. The largest absolute Gasteiger partial charge is 0.494 e.